The number of benzene rings is 1. The molecule has 4 rings (SSSR count). The minimum atomic E-state index is 0.0126. The summed E-state index contributed by atoms with van der Waals surface area (Å²) in [5.41, 5.74) is 3.57. The third-order valence-electron chi connectivity index (χ3n) is 7.07. The van der Waals surface area contributed by atoms with Gasteiger partial charge in [0, 0.05) is 35.7 Å². The molecule has 1 aromatic carbocycles. The Hall–Kier alpha value is -1.69. The molecular formula is C27H35BrN2O2. The molecule has 172 valence electrons. The highest BCUT2D eigenvalue weighted by atomic mass is 79.9. The maximum absolute atomic E-state index is 9.74. The van der Waals surface area contributed by atoms with Crippen molar-refractivity contribution >= 4 is 27.5 Å². The zero-order valence-electron chi connectivity index (χ0n) is 19.3. The fourth-order valence-electron chi connectivity index (χ4n) is 5.65. The minimum Gasteiger partial charge on any atom is -0.396 e. The van der Waals surface area contributed by atoms with Crippen molar-refractivity contribution in [3.05, 3.63) is 64.2 Å². The Morgan fingerprint density at radius 1 is 1.31 bits per heavy atom. The van der Waals surface area contributed by atoms with Crippen LogP contribution in [-0.2, 0) is 4.74 Å². The molecule has 3 aliphatic rings. The average Bonchev–Trinajstić information content (AvgIpc) is 3.03. The van der Waals surface area contributed by atoms with E-state index in [2.05, 4.69) is 76.3 Å². The fraction of sp³-hybridized carbons (Fsp3) is 0.519. The standard InChI is InChI=1S/C27H35BrN2O2/c1-3-14-27(15-13-22(19-27)32-2)26-29-24-12-11-21(28)18-23(24)25(30(26)16-8-17-31)20-9-6-4-5-7-10-20/h4,6-7,9-12,18,22,25,31H,3,5,8,13-17,19H2,1-2H3. The zero-order chi connectivity index (χ0) is 22.6. The summed E-state index contributed by atoms with van der Waals surface area (Å²) >= 11 is 3.69. The number of aliphatic hydroxyl groups excluding tert-OH is 1. The van der Waals surface area contributed by atoms with Gasteiger partial charge < -0.3 is 14.7 Å². The van der Waals surface area contributed by atoms with Gasteiger partial charge in [-0.2, -0.15) is 0 Å². The van der Waals surface area contributed by atoms with Gasteiger partial charge >= 0.3 is 0 Å². The van der Waals surface area contributed by atoms with E-state index in [0.29, 0.717) is 0 Å². The normalized spacial score (nSPS) is 27.2. The van der Waals surface area contributed by atoms with Crippen LogP contribution in [0.4, 0.5) is 5.69 Å². The van der Waals surface area contributed by atoms with Crippen LogP contribution in [0.2, 0.25) is 0 Å². The lowest BCUT2D eigenvalue weighted by Crippen LogP contribution is -2.47. The van der Waals surface area contributed by atoms with Crippen molar-refractivity contribution in [3.8, 4) is 0 Å². The Balaban J connectivity index is 1.88. The third-order valence-corrected chi connectivity index (χ3v) is 7.57. The van der Waals surface area contributed by atoms with E-state index in [0.717, 1.165) is 61.7 Å². The summed E-state index contributed by atoms with van der Waals surface area (Å²) in [7, 11) is 1.84. The zero-order valence-corrected chi connectivity index (χ0v) is 20.9. The topological polar surface area (TPSA) is 45.1 Å². The molecule has 1 N–H and O–H groups in total. The molecule has 1 fully saturated rings. The Bertz CT molecular complexity index is 936. The van der Waals surface area contributed by atoms with Gasteiger partial charge in [-0.05, 0) is 62.3 Å². The summed E-state index contributed by atoms with van der Waals surface area (Å²) in [5, 5.41) is 9.74. The second kappa shape index (κ2) is 10.5. The molecule has 0 aromatic heterocycles. The second-order valence-corrected chi connectivity index (χ2v) is 10.1. The van der Waals surface area contributed by atoms with E-state index in [1.54, 1.807) is 0 Å². The summed E-state index contributed by atoms with van der Waals surface area (Å²) in [5.74, 6) is 1.19. The van der Waals surface area contributed by atoms with Crippen molar-refractivity contribution in [1.82, 2.24) is 4.90 Å². The van der Waals surface area contributed by atoms with Crippen LogP contribution in [-0.4, -0.2) is 42.2 Å². The van der Waals surface area contributed by atoms with E-state index in [9.17, 15) is 5.11 Å². The van der Waals surface area contributed by atoms with Crippen molar-refractivity contribution in [2.75, 3.05) is 20.3 Å². The van der Waals surface area contributed by atoms with Gasteiger partial charge in [0.05, 0.1) is 17.8 Å². The predicted octanol–water partition coefficient (Wildman–Crippen LogP) is 6.65. The van der Waals surface area contributed by atoms with Crippen LogP contribution < -0.4 is 0 Å². The number of hydrogen-bond acceptors (Lipinski definition) is 4. The summed E-state index contributed by atoms with van der Waals surface area (Å²) in [6, 6.07) is 6.54. The van der Waals surface area contributed by atoms with Crippen LogP contribution in [0.25, 0.3) is 0 Å². The number of allylic oxidation sites excluding steroid dienone is 4. The molecule has 5 heteroatoms. The Kier molecular flexibility index (Phi) is 7.70. The van der Waals surface area contributed by atoms with Gasteiger partial charge in [0.1, 0.15) is 5.84 Å². The van der Waals surface area contributed by atoms with Crippen molar-refractivity contribution in [2.45, 2.75) is 64.0 Å². The lowest BCUT2D eigenvalue weighted by molar-refractivity contribution is 0.0992. The number of rotatable bonds is 8. The number of hydrogen-bond donors (Lipinski definition) is 1. The molecule has 1 heterocycles. The highest BCUT2D eigenvalue weighted by molar-refractivity contribution is 9.10. The summed E-state index contributed by atoms with van der Waals surface area (Å²) < 4.78 is 6.88. The van der Waals surface area contributed by atoms with Crippen LogP contribution >= 0.6 is 15.9 Å². The van der Waals surface area contributed by atoms with Gasteiger partial charge in [-0.15, -0.1) is 0 Å². The van der Waals surface area contributed by atoms with E-state index in [-0.39, 0.29) is 24.2 Å². The molecule has 32 heavy (non-hydrogen) atoms. The molecular weight excluding hydrogens is 464 g/mol. The van der Waals surface area contributed by atoms with E-state index >= 15 is 0 Å². The molecule has 1 aromatic rings. The summed E-state index contributed by atoms with van der Waals surface area (Å²) in [6.07, 6.45) is 18.5. The van der Waals surface area contributed by atoms with Gasteiger partial charge in [0.2, 0.25) is 0 Å². The maximum atomic E-state index is 9.74. The lowest BCUT2D eigenvalue weighted by Gasteiger charge is -2.46. The first-order valence-electron chi connectivity index (χ1n) is 11.9. The van der Waals surface area contributed by atoms with Crippen molar-refractivity contribution in [1.29, 1.82) is 0 Å². The van der Waals surface area contributed by atoms with E-state index in [1.807, 2.05) is 7.11 Å². The van der Waals surface area contributed by atoms with E-state index in [4.69, 9.17) is 9.73 Å². The molecule has 3 unspecified atom stereocenters. The van der Waals surface area contributed by atoms with Crippen LogP contribution in [0, 0.1) is 5.41 Å². The average molecular weight is 499 g/mol. The van der Waals surface area contributed by atoms with Crippen molar-refractivity contribution < 1.29 is 9.84 Å². The van der Waals surface area contributed by atoms with Crippen LogP contribution in [0.15, 0.2) is 63.6 Å². The number of aliphatic imine (C=N–C) groups is 1. The number of amidine groups is 1. The van der Waals surface area contributed by atoms with Gasteiger partial charge in [-0.3, -0.25) is 0 Å². The van der Waals surface area contributed by atoms with Gasteiger partial charge in [0.25, 0.3) is 0 Å². The lowest BCUT2D eigenvalue weighted by atomic mass is 9.77. The summed E-state index contributed by atoms with van der Waals surface area (Å²) in [6.45, 7) is 3.23. The first-order chi connectivity index (χ1) is 15.6. The highest BCUT2D eigenvalue weighted by Crippen LogP contribution is 2.51. The number of aliphatic hydroxyl groups is 1. The molecule has 2 aliphatic carbocycles. The van der Waals surface area contributed by atoms with Crippen LogP contribution in [0.1, 0.15) is 63.5 Å². The minimum absolute atomic E-state index is 0.0126. The Morgan fingerprint density at radius 2 is 2.19 bits per heavy atom. The smallest absolute Gasteiger partial charge is 0.112 e. The Labute approximate surface area is 200 Å². The molecule has 0 saturated heterocycles. The van der Waals surface area contributed by atoms with Gasteiger partial charge in [-0.25, -0.2) is 4.99 Å². The summed E-state index contributed by atoms with van der Waals surface area (Å²) in [4.78, 5) is 7.84. The number of nitrogens with zero attached hydrogens (tertiary/aromatic N) is 2. The Morgan fingerprint density at radius 3 is 2.94 bits per heavy atom. The molecule has 0 radical (unpaired) electrons. The SMILES string of the molecule is CCCC1(C2=Nc3ccc(Br)cc3C(C3=CC=CCC=C3)N2CCCO)CCC(OC)C1. The molecule has 3 atom stereocenters. The fourth-order valence-corrected chi connectivity index (χ4v) is 6.03. The second-order valence-electron chi connectivity index (χ2n) is 9.18. The van der Waals surface area contributed by atoms with Crippen LogP contribution in [0.5, 0.6) is 0 Å². The predicted molar refractivity (Wildman–Crippen MR) is 135 cm³/mol. The van der Waals surface area contributed by atoms with Crippen molar-refractivity contribution in [2.24, 2.45) is 10.4 Å². The molecule has 4 nitrogen and oxygen atoms in total. The molecule has 0 amide bonds. The molecule has 1 aliphatic heterocycles. The van der Waals surface area contributed by atoms with Gasteiger partial charge in [-0.1, -0.05) is 59.7 Å². The van der Waals surface area contributed by atoms with Crippen LogP contribution in [0.3, 0.4) is 0 Å². The molecule has 0 spiro atoms. The number of halogens is 1. The monoisotopic (exact) mass is 498 g/mol. The third kappa shape index (κ3) is 4.66. The number of methoxy groups -OCH3 is 1. The number of fused-ring (bicyclic) bond motifs is 1. The van der Waals surface area contributed by atoms with Gasteiger partial charge in [0.15, 0.2) is 0 Å². The van der Waals surface area contributed by atoms with Crippen molar-refractivity contribution in [3.63, 3.8) is 0 Å². The van der Waals surface area contributed by atoms with E-state index < -0.39 is 0 Å². The largest absolute Gasteiger partial charge is 0.396 e. The highest BCUT2D eigenvalue weighted by Gasteiger charge is 2.48. The molecule has 1 saturated carbocycles. The quantitative estimate of drug-likeness (QED) is 0.436. The maximum Gasteiger partial charge on any atom is 0.112 e. The number of ether oxygens (including phenoxy) is 1. The first-order valence-corrected chi connectivity index (χ1v) is 12.7. The molecule has 0 bridgehead atoms. The first kappa shape index (κ1) is 23.5. The van der Waals surface area contributed by atoms with E-state index in [1.165, 1.54) is 17.0 Å².